The molecule has 0 saturated carbocycles. The quantitative estimate of drug-likeness (QED) is 0.382. The van der Waals surface area contributed by atoms with Crippen molar-refractivity contribution in [1.29, 1.82) is 0 Å². The molecule has 0 spiro atoms. The minimum atomic E-state index is -0.291. The van der Waals surface area contributed by atoms with Crippen molar-refractivity contribution >= 4 is 29.6 Å². The van der Waals surface area contributed by atoms with E-state index in [4.69, 9.17) is 4.84 Å². The van der Waals surface area contributed by atoms with Gasteiger partial charge in [-0.2, -0.15) is 0 Å². The van der Waals surface area contributed by atoms with Crippen molar-refractivity contribution in [2.24, 2.45) is 5.16 Å². The number of phenolic OH excluding ortho intramolecular Hbond substituents is 1. The van der Waals surface area contributed by atoms with E-state index in [9.17, 15) is 19.5 Å². The highest BCUT2D eigenvalue weighted by Gasteiger charge is 2.26. The van der Waals surface area contributed by atoms with Gasteiger partial charge in [0.15, 0.2) is 6.61 Å². The van der Waals surface area contributed by atoms with Crippen LogP contribution in [0.1, 0.15) is 31.8 Å². The van der Waals surface area contributed by atoms with Crippen molar-refractivity contribution < 1.29 is 24.3 Å². The Morgan fingerprint density at radius 2 is 1.57 bits per heavy atom. The van der Waals surface area contributed by atoms with Crippen molar-refractivity contribution in [2.45, 2.75) is 6.92 Å². The second-order valence-electron chi connectivity index (χ2n) is 8.61. The van der Waals surface area contributed by atoms with Crippen LogP contribution in [0.4, 0.5) is 5.69 Å². The highest BCUT2D eigenvalue weighted by molar-refractivity contribution is 6.09. The average Bonchev–Trinajstić information content (AvgIpc) is 2.92. The van der Waals surface area contributed by atoms with Crippen molar-refractivity contribution in [1.82, 2.24) is 9.80 Å². The summed E-state index contributed by atoms with van der Waals surface area (Å²) in [4.78, 5) is 46.8. The Balaban J connectivity index is 1.30. The summed E-state index contributed by atoms with van der Waals surface area (Å²) >= 11 is 0. The smallest absolute Gasteiger partial charge is 0.263 e. The summed E-state index contributed by atoms with van der Waals surface area (Å²) in [7, 11) is 0. The highest BCUT2D eigenvalue weighted by atomic mass is 16.6. The molecule has 3 amide bonds. The van der Waals surface area contributed by atoms with Crippen LogP contribution in [-0.4, -0.2) is 71.6 Å². The first kappa shape index (κ1) is 25.4. The van der Waals surface area contributed by atoms with E-state index >= 15 is 0 Å². The summed E-state index contributed by atoms with van der Waals surface area (Å²) in [6.07, 6.45) is 1.34. The van der Waals surface area contributed by atoms with E-state index in [2.05, 4.69) is 10.5 Å². The molecule has 0 atom stereocenters. The molecule has 9 nitrogen and oxygen atoms in total. The summed E-state index contributed by atoms with van der Waals surface area (Å²) in [5, 5.41) is 16.3. The Kier molecular flexibility index (Phi) is 8.15. The fourth-order valence-corrected chi connectivity index (χ4v) is 3.88. The molecule has 0 radical (unpaired) electrons. The number of hydrogen-bond donors (Lipinski definition) is 2. The van der Waals surface area contributed by atoms with Gasteiger partial charge in [-0.05, 0) is 43.3 Å². The third kappa shape index (κ3) is 6.52. The van der Waals surface area contributed by atoms with Crippen LogP contribution in [0.3, 0.4) is 0 Å². The number of nitrogens with one attached hydrogen (secondary N) is 1. The van der Waals surface area contributed by atoms with Gasteiger partial charge in [0.2, 0.25) is 0 Å². The van der Waals surface area contributed by atoms with Crippen LogP contribution >= 0.6 is 0 Å². The lowest BCUT2D eigenvalue weighted by atomic mass is 10.1. The molecule has 2 N–H and O–H groups in total. The molecule has 1 aliphatic rings. The second-order valence-corrected chi connectivity index (χ2v) is 8.61. The minimum Gasteiger partial charge on any atom is -0.507 e. The Labute approximate surface area is 215 Å². The lowest BCUT2D eigenvalue weighted by molar-refractivity contribution is -0.137. The van der Waals surface area contributed by atoms with Gasteiger partial charge in [0.05, 0.1) is 17.5 Å². The summed E-state index contributed by atoms with van der Waals surface area (Å²) in [5.41, 5.74) is 2.87. The summed E-state index contributed by atoms with van der Waals surface area (Å²) in [6, 6.07) is 20.8. The first-order valence-corrected chi connectivity index (χ1v) is 11.9. The lowest BCUT2D eigenvalue weighted by Gasteiger charge is -2.34. The molecular weight excluding hydrogens is 472 g/mol. The van der Waals surface area contributed by atoms with Gasteiger partial charge in [0.25, 0.3) is 17.7 Å². The van der Waals surface area contributed by atoms with Crippen LogP contribution < -0.4 is 5.32 Å². The number of nitrogens with zero attached hydrogens (tertiary/aromatic N) is 3. The molecule has 9 heteroatoms. The molecule has 3 aromatic rings. The average molecular weight is 501 g/mol. The third-order valence-electron chi connectivity index (χ3n) is 6.03. The molecule has 0 aromatic heterocycles. The maximum atomic E-state index is 13.2. The largest absolute Gasteiger partial charge is 0.507 e. The van der Waals surface area contributed by atoms with E-state index in [-0.39, 0.29) is 30.1 Å². The predicted octanol–water partition coefficient (Wildman–Crippen LogP) is 3.29. The van der Waals surface area contributed by atoms with Crippen LogP contribution in [0.15, 0.2) is 78.0 Å². The van der Waals surface area contributed by atoms with Gasteiger partial charge >= 0.3 is 0 Å². The number of aryl methyl sites for hydroxylation is 1. The molecule has 37 heavy (non-hydrogen) atoms. The molecule has 0 aliphatic carbocycles. The van der Waals surface area contributed by atoms with Crippen molar-refractivity contribution in [3.8, 4) is 5.75 Å². The van der Waals surface area contributed by atoms with E-state index in [0.29, 0.717) is 48.6 Å². The number of benzene rings is 3. The zero-order valence-electron chi connectivity index (χ0n) is 20.5. The van der Waals surface area contributed by atoms with Crippen LogP contribution in [0.25, 0.3) is 0 Å². The van der Waals surface area contributed by atoms with Gasteiger partial charge in [-0.1, -0.05) is 47.1 Å². The third-order valence-corrected chi connectivity index (χ3v) is 6.03. The molecule has 3 aromatic carbocycles. The Hall–Kier alpha value is -4.66. The fourth-order valence-electron chi connectivity index (χ4n) is 3.88. The molecular formula is C28H28N4O5. The Morgan fingerprint density at radius 3 is 2.30 bits per heavy atom. The molecule has 1 saturated heterocycles. The standard InChI is InChI=1S/C28H28N4O5/c1-20-10-12-21(13-11-20)27(35)30-24-8-4-3-7-23(24)28(36)32-16-14-31(15-17-32)26(34)19-37-29-18-22-6-2-5-9-25(22)33/h2-13,18,33H,14-17,19H2,1H3,(H,30,35)/b29-18-. The van der Waals surface area contributed by atoms with Gasteiger partial charge in [0, 0.05) is 37.3 Å². The topological polar surface area (TPSA) is 112 Å². The number of amides is 3. The highest BCUT2D eigenvalue weighted by Crippen LogP contribution is 2.20. The van der Waals surface area contributed by atoms with Crippen molar-refractivity contribution in [3.63, 3.8) is 0 Å². The van der Waals surface area contributed by atoms with E-state index in [1.54, 1.807) is 64.4 Å². The zero-order valence-corrected chi connectivity index (χ0v) is 20.5. The Morgan fingerprint density at radius 1 is 0.919 bits per heavy atom. The Bertz CT molecular complexity index is 1300. The minimum absolute atomic E-state index is 0.0678. The summed E-state index contributed by atoms with van der Waals surface area (Å²) in [5.74, 6) is -0.679. The van der Waals surface area contributed by atoms with Crippen LogP contribution in [-0.2, 0) is 9.63 Å². The molecule has 1 heterocycles. The molecule has 0 bridgehead atoms. The number of hydrogen-bond acceptors (Lipinski definition) is 6. The maximum Gasteiger partial charge on any atom is 0.263 e. The normalized spacial score (nSPS) is 13.4. The monoisotopic (exact) mass is 500 g/mol. The van der Waals surface area contributed by atoms with E-state index < -0.39 is 0 Å². The van der Waals surface area contributed by atoms with Gasteiger partial charge < -0.3 is 25.1 Å². The van der Waals surface area contributed by atoms with E-state index in [0.717, 1.165) is 5.56 Å². The van der Waals surface area contributed by atoms with Crippen LogP contribution in [0, 0.1) is 6.92 Å². The van der Waals surface area contributed by atoms with Crippen LogP contribution in [0.2, 0.25) is 0 Å². The number of para-hydroxylation sites is 2. The number of aromatic hydroxyl groups is 1. The van der Waals surface area contributed by atoms with Gasteiger partial charge in [-0.25, -0.2) is 0 Å². The number of phenols is 1. The molecule has 0 unspecified atom stereocenters. The zero-order chi connectivity index (χ0) is 26.2. The van der Waals surface area contributed by atoms with Crippen molar-refractivity contribution in [3.05, 3.63) is 95.1 Å². The number of piperazine rings is 1. The number of carbonyl (C=O) groups is 3. The lowest BCUT2D eigenvalue weighted by Crippen LogP contribution is -2.51. The first-order chi connectivity index (χ1) is 17.9. The molecule has 4 rings (SSSR count). The molecule has 1 fully saturated rings. The molecule has 190 valence electrons. The van der Waals surface area contributed by atoms with Gasteiger partial charge in [-0.15, -0.1) is 0 Å². The fraction of sp³-hybridized carbons (Fsp3) is 0.214. The number of oxime groups is 1. The van der Waals surface area contributed by atoms with Gasteiger partial charge in [0.1, 0.15) is 5.75 Å². The maximum absolute atomic E-state index is 13.2. The second kappa shape index (κ2) is 11.9. The van der Waals surface area contributed by atoms with Crippen LogP contribution in [0.5, 0.6) is 5.75 Å². The number of anilines is 1. The van der Waals surface area contributed by atoms with E-state index in [1.807, 2.05) is 19.1 Å². The number of rotatable bonds is 7. The summed E-state index contributed by atoms with van der Waals surface area (Å²) in [6.45, 7) is 3.12. The van der Waals surface area contributed by atoms with Crippen molar-refractivity contribution in [2.75, 3.05) is 38.1 Å². The number of carbonyl (C=O) groups excluding carboxylic acids is 3. The summed E-state index contributed by atoms with van der Waals surface area (Å²) < 4.78 is 0. The molecule has 1 aliphatic heterocycles. The first-order valence-electron chi connectivity index (χ1n) is 11.9. The van der Waals surface area contributed by atoms with E-state index in [1.165, 1.54) is 12.3 Å². The predicted molar refractivity (Wildman–Crippen MR) is 140 cm³/mol. The van der Waals surface area contributed by atoms with Gasteiger partial charge in [-0.3, -0.25) is 14.4 Å². The SMILES string of the molecule is Cc1ccc(C(=O)Nc2ccccc2C(=O)N2CCN(C(=O)CO/N=C\c3ccccc3O)CC2)cc1.